The van der Waals surface area contributed by atoms with Crippen LogP contribution in [-0.4, -0.2) is 27.3 Å². The van der Waals surface area contributed by atoms with Crippen LogP contribution in [0.25, 0.3) is 11.4 Å². The number of aryl methyl sites for hydroxylation is 2. The third-order valence-corrected chi connectivity index (χ3v) is 5.07. The average molecular weight is 394 g/mol. The Morgan fingerprint density at radius 1 is 1.17 bits per heavy atom. The summed E-state index contributed by atoms with van der Waals surface area (Å²) in [7, 11) is 0. The minimum atomic E-state index is -0.494. The van der Waals surface area contributed by atoms with Crippen LogP contribution in [0, 0.1) is 12.7 Å². The SMILES string of the molecule is Cc1ccc(-c2nnc3n2CCCCC3)cc1NC(=O)COc1ccccc1F. The Labute approximate surface area is 168 Å². The predicted molar refractivity (Wildman–Crippen MR) is 108 cm³/mol. The van der Waals surface area contributed by atoms with Crippen LogP contribution in [0.1, 0.15) is 30.7 Å². The van der Waals surface area contributed by atoms with Crippen molar-refractivity contribution in [2.45, 2.75) is 39.2 Å². The Morgan fingerprint density at radius 3 is 2.90 bits per heavy atom. The van der Waals surface area contributed by atoms with E-state index in [2.05, 4.69) is 20.1 Å². The number of halogens is 1. The van der Waals surface area contributed by atoms with Gasteiger partial charge in [-0.1, -0.05) is 30.7 Å². The smallest absolute Gasteiger partial charge is 0.262 e. The summed E-state index contributed by atoms with van der Waals surface area (Å²) in [6.45, 7) is 2.55. The molecule has 0 unspecified atom stereocenters. The zero-order valence-electron chi connectivity index (χ0n) is 16.3. The summed E-state index contributed by atoms with van der Waals surface area (Å²) in [6, 6.07) is 11.9. The van der Waals surface area contributed by atoms with E-state index in [0.29, 0.717) is 5.69 Å². The molecule has 1 aliphatic rings. The number of amides is 1. The van der Waals surface area contributed by atoms with Crippen LogP contribution in [-0.2, 0) is 17.8 Å². The number of carbonyl (C=O) groups is 1. The first-order valence-electron chi connectivity index (χ1n) is 9.82. The number of nitrogens with one attached hydrogen (secondary N) is 1. The number of carbonyl (C=O) groups excluding carboxylic acids is 1. The fourth-order valence-corrected chi connectivity index (χ4v) is 3.49. The Kier molecular flexibility index (Phi) is 5.55. The van der Waals surface area contributed by atoms with Gasteiger partial charge in [0.2, 0.25) is 0 Å². The van der Waals surface area contributed by atoms with Crippen LogP contribution in [0.4, 0.5) is 10.1 Å². The van der Waals surface area contributed by atoms with Crippen LogP contribution < -0.4 is 10.1 Å². The van der Waals surface area contributed by atoms with E-state index >= 15 is 0 Å². The molecular weight excluding hydrogens is 371 g/mol. The van der Waals surface area contributed by atoms with Gasteiger partial charge < -0.3 is 14.6 Å². The van der Waals surface area contributed by atoms with E-state index in [4.69, 9.17) is 4.74 Å². The van der Waals surface area contributed by atoms with Gasteiger partial charge in [0, 0.05) is 24.2 Å². The van der Waals surface area contributed by atoms with Gasteiger partial charge in [-0.2, -0.15) is 0 Å². The van der Waals surface area contributed by atoms with Gasteiger partial charge in [-0.25, -0.2) is 4.39 Å². The second kappa shape index (κ2) is 8.43. The summed E-state index contributed by atoms with van der Waals surface area (Å²) in [5, 5.41) is 11.6. The molecule has 4 rings (SSSR count). The van der Waals surface area contributed by atoms with E-state index in [9.17, 15) is 9.18 Å². The number of hydrogen-bond acceptors (Lipinski definition) is 4. The third kappa shape index (κ3) is 4.29. The molecule has 1 aliphatic heterocycles. The van der Waals surface area contributed by atoms with E-state index in [0.717, 1.165) is 48.6 Å². The van der Waals surface area contributed by atoms with Crippen molar-refractivity contribution in [2.24, 2.45) is 0 Å². The monoisotopic (exact) mass is 394 g/mol. The molecule has 0 aliphatic carbocycles. The van der Waals surface area contributed by atoms with Crippen LogP contribution in [0.15, 0.2) is 42.5 Å². The lowest BCUT2D eigenvalue weighted by molar-refractivity contribution is -0.118. The zero-order valence-corrected chi connectivity index (χ0v) is 16.3. The van der Waals surface area contributed by atoms with Crippen LogP contribution in [0.3, 0.4) is 0 Å². The lowest BCUT2D eigenvalue weighted by Crippen LogP contribution is -2.21. The molecule has 1 aromatic heterocycles. The fraction of sp³-hybridized carbons (Fsp3) is 0.318. The van der Waals surface area contributed by atoms with Crippen molar-refractivity contribution in [1.29, 1.82) is 0 Å². The number of aromatic nitrogens is 3. The van der Waals surface area contributed by atoms with Crippen molar-refractivity contribution in [3.05, 3.63) is 59.7 Å². The van der Waals surface area contributed by atoms with Crippen molar-refractivity contribution < 1.29 is 13.9 Å². The molecule has 2 heterocycles. The number of fused-ring (bicyclic) bond motifs is 1. The Hall–Kier alpha value is -3.22. The van der Waals surface area contributed by atoms with Gasteiger partial charge in [0.1, 0.15) is 5.82 Å². The normalized spacial score (nSPS) is 13.4. The highest BCUT2D eigenvalue weighted by atomic mass is 19.1. The Morgan fingerprint density at radius 2 is 2.03 bits per heavy atom. The van der Waals surface area contributed by atoms with Gasteiger partial charge in [0.25, 0.3) is 5.91 Å². The Balaban J connectivity index is 1.50. The van der Waals surface area contributed by atoms with Gasteiger partial charge in [-0.3, -0.25) is 4.79 Å². The van der Waals surface area contributed by atoms with Gasteiger partial charge in [0.05, 0.1) is 0 Å². The fourth-order valence-electron chi connectivity index (χ4n) is 3.49. The summed E-state index contributed by atoms with van der Waals surface area (Å²) in [5.41, 5.74) is 2.50. The molecule has 29 heavy (non-hydrogen) atoms. The van der Waals surface area contributed by atoms with Crippen LogP contribution in [0.5, 0.6) is 5.75 Å². The minimum absolute atomic E-state index is 0.0549. The van der Waals surface area contributed by atoms with Gasteiger partial charge in [-0.05, 0) is 43.5 Å². The number of benzene rings is 2. The summed E-state index contributed by atoms with van der Waals surface area (Å²) < 4.78 is 21.1. The standard InChI is InChI=1S/C22H23FN4O2/c1-15-10-11-16(22-26-25-20-9-3-2-6-12-27(20)22)13-18(15)24-21(28)14-29-19-8-5-4-7-17(19)23/h4-5,7-8,10-11,13H,2-3,6,9,12,14H2,1H3,(H,24,28). The van der Waals surface area contributed by atoms with Crippen molar-refractivity contribution >= 4 is 11.6 Å². The summed E-state index contributed by atoms with van der Waals surface area (Å²) in [4.78, 5) is 12.3. The third-order valence-electron chi connectivity index (χ3n) is 5.07. The second-order valence-corrected chi connectivity index (χ2v) is 7.20. The quantitative estimate of drug-likeness (QED) is 0.706. The van der Waals surface area contributed by atoms with E-state index < -0.39 is 5.82 Å². The molecule has 0 radical (unpaired) electrons. The number of anilines is 1. The van der Waals surface area contributed by atoms with E-state index in [1.165, 1.54) is 18.6 Å². The van der Waals surface area contributed by atoms with Crippen LogP contribution in [0.2, 0.25) is 0 Å². The summed E-state index contributed by atoms with van der Waals surface area (Å²) in [5.74, 6) is 1.04. The predicted octanol–water partition coefficient (Wildman–Crippen LogP) is 4.14. The van der Waals surface area contributed by atoms with Crippen molar-refractivity contribution in [2.75, 3.05) is 11.9 Å². The molecule has 1 N–H and O–H groups in total. The number of nitrogens with zero attached hydrogens (tertiary/aromatic N) is 3. The number of rotatable bonds is 5. The molecule has 3 aromatic rings. The molecule has 150 valence electrons. The molecule has 1 amide bonds. The lowest BCUT2D eigenvalue weighted by atomic mass is 10.1. The summed E-state index contributed by atoms with van der Waals surface area (Å²) in [6.07, 6.45) is 4.38. The van der Waals surface area contributed by atoms with Gasteiger partial charge >= 0.3 is 0 Å². The first kappa shape index (κ1) is 19.1. The van der Waals surface area contributed by atoms with Crippen molar-refractivity contribution in [3.8, 4) is 17.1 Å². The van der Waals surface area contributed by atoms with Gasteiger partial charge in [0.15, 0.2) is 24.0 Å². The highest BCUT2D eigenvalue weighted by Gasteiger charge is 2.17. The molecule has 2 aromatic carbocycles. The maximum Gasteiger partial charge on any atom is 0.262 e. The van der Waals surface area contributed by atoms with Crippen LogP contribution >= 0.6 is 0 Å². The maximum absolute atomic E-state index is 13.6. The second-order valence-electron chi connectivity index (χ2n) is 7.20. The molecule has 6 nitrogen and oxygen atoms in total. The first-order valence-corrected chi connectivity index (χ1v) is 9.82. The first-order chi connectivity index (χ1) is 14.1. The van der Waals surface area contributed by atoms with Gasteiger partial charge in [-0.15, -0.1) is 10.2 Å². The number of ether oxygens (including phenoxy) is 1. The highest BCUT2D eigenvalue weighted by Crippen LogP contribution is 2.27. The minimum Gasteiger partial charge on any atom is -0.481 e. The molecule has 0 saturated heterocycles. The molecule has 7 heteroatoms. The number of hydrogen-bond donors (Lipinski definition) is 1. The van der Waals surface area contributed by atoms with Crippen molar-refractivity contribution in [1.82, 2.24) is 14.8 Å². The Bertz CT molecular complexity index is 1030. The topological polar surface area (TPSA) is 69.0 Å². The molecule has 0 fully saturated rings. The average Bonchev–Trinajstić information content (AvgIpc) is 2.97. The van der Waals surface area contributed by atoms with Crippen molar-refractivity contribution in [3.63, 3.8) is 0 Å². The zero-order chi connectivity index (χ0) is 20.2. The molecular formula is C22H23FN4O2. The highest BCUT2D eigenvalue weighted by molar-refractivity contribution is 5.93. The molecule has 0 saturated carbocycles. The lowest BCUT2D eigenvalue weighted by Gasteiger charge is -2.12. The molecule has 0 atom stereocenters. The largest absolute Gasteiger partial charge is 0.481 e. The maximum atomic E-state index is 13.6. The van der Waals surface area contributed by atoms with E-state index in [1.54, 1.807) is 12.1 Å². The molecule has 0 spiro atoms. The van der Waals surface area contributed by atoms with E-state index in [1.807, 2.05) is 25.1 Å². The van der Waals surface area contributed by atoms with E-state index in [-0.39, 0.29) is 18.3 Å². The molecule has 0 bridgehead atoms. The number of para-hydroxylation sites is 1. The summed E-state index contributed by atoms with van der Waals surface area (Å²) >= 11 is 0.